The van der Waals surface area contributed by atoms with Gasteiger partial charge >= 0.3 is 0 Å². The van der Waals surface area contributed by atoms with E-state index >= 15 is 0 Å². The third-order valence-corrected chi connectivity index (χ3v) is 6.48. The predicted octanol–water partition coefficient (Wildman–Crippen LogP) is 3.40. The summed E-state index contributed by atoms with van der Waals surface area (Å²) >= 11 is 0. The molecular formula is C18H19N3O2S. The van der Waals surface area contributed by atoms with Crippen molar-refractivity contribution >= 4 is 21.1 Å². The first-order valence-electron chi connectivity index (χ1n) is 8.09. The number of hydrogen-bond donors (Lipinski definition) is 1. The molecule has 1 aliphatic rings. The first kappa shape index (κ1) is 15.4. The highest BCUT2D eigenvalue weighted by molar-refractivity contribution is 7.89. The van der Waals surface area contributed by atoms with Crippen LogP contribution < -0.4 is 0 Å². The molecule has 4 rings (SSSR count). The summed E-state index contributed by atoms with van der Waals surface area (Å²) in [6.07, 6.45) is 1.62. The van der Waals surface area contributed by atoms with E-state index in [9.17, 15) is 8.42 Å². The highest BCUT2D eigenvalue weighted by Gasteiger charge is 2.37. The van der Waals surface area contributed by atoms with Crippen molar-refractivity contribution < 1.29 is 8.42 Å². The molecule has 6 heteroatoms. The Hall–Kier alpha value is -2.18. The molecule has 0 saturated carbocycles. The minimum Gasteiger partial charge on any atom is -0.341 e. The average molecular weight is 341 g/mol. The summed E-state index contributed by atoms with van der Waals surface area (Å²) in [5.74, 6) is 0.726. The van der Waals surface area contributed by atoms with Crippen LogP contribution in [0.15, 0.2) is 53.4 Å². The van der Waals surface area contributed by atoms with Crippen molar-refractivity contribution in [2.45, 2.75) is 30.7 Å². The Morgan fingerprint density at radius 1 is 1.12 bits per heavy atom. The zero-order valence-electron chi connectivity index (χ0n) is 13.4. The van der Waals surface area contributed by atoms with E-state index < -0.39 is 10.0 Å². The molecule has 2 aromatic carbocycles. The summed E-state index contributed by atoms with van der Waals surface area (Å²) in [5.41, 5.74) is 2.85. The van der Waals surface area contributed by atoms with Crippen LogP contribution in [0.5, 0.6) is 0 Å². The summed E-state index contributed by atoms with van der Waals surface area (Å²) < 4.78 is 27.6. The molecule has 5 nitrogen and oxygen atoms in total. The second-order valence-electron chi connectivity index (χ2n) is 6.23. The normalized spacial score (nSPS) is 19.1. The van der Waals surface area contributed by atoms with E-state index in [1.165, 1.54) is 0 Å². The maximum Gasteiger partial charge on any atom is 0.243 e. The van der Waals surface area contributed by atoms with Crippen molar-refractivity contribution in [3.05, 3.63) is 59.9 Å². The van der Waals surface area contributed by atoms with Crippen LogP contribution in [0, 0.1) is 6.92 Å². The first-order chi connectivity index (χ1) is 11.6. The number of nitrogens with zero attached hydrogens (tertiary/aromatic N) is 2. The number of sulfonamides is 1. The Kier molecular flexibility index (Phi) is 3.66. The van der Waals surface area contributed by atoms with Gasteiger partial charge in [-0.05, 0) is 44.0 Å². The largest absolute Gasteiger partial charge is 0.341 e. The Bertz CT molecular complexity index is 944. The molecule has 1 N–H and O–H groups in total. The van der Waals surface area contributed by atoms with Crippen molar-refractivity contribution in [2.75, 3.05) is 6.54 Å². The highest BCUT2D eigenvalue weighted by Crippen LogP contribution is 2.36. The molecular weight excluding hydrogens is 322 g/mol. The summed E-state index contributed by atoms with van der Waals surface area (Å²) in [6, 6.07) is 14.6. The number of hydrogen-bond acceptors (Lipinski definition) is 3. The van der Waals surface area contributed by atoms with Crippen LogP contribution in [0.4, 0.5) is 0 Å². The zero-order chi connectivity index (χ0) is 16.7. The van der Waals surface area contributed by atoms with Crippen molar-refractivity contribution in [3.63, 3.8) is 0 Å². The van der Waals surface area contributed by atoms with E-state index in [4.69, 9.17) is 0 Å². The zero-order valence-corrected chi connectivity index (χ0v) is 14.3. The molecule has 2 heterocycles. The molecule has 0 bridgehead atoms. The van der Waals surface area contributed by atoms with E-state index in [1.807, 2.05) is 43.3 Å². The molecule has 0 aliphatic carbocycles. The second kappa shape index (κ2) is 5.72. The molecule has 1 atom stereocenters. The molecule has 124 valence electrons. The minimum absolute atomic E-state index is 0.233. The van der Waals surface area contributed by atoms with E-state index in [1.54, 1.807) is 16.4 Å². The van der Waals surface area contributed by atoms with E-state index in [0.717, 1.165) is 35.3 Å². The third kappa shape index (κ3) is 2.52. The molecule has 1 aliphatic heterocycles. The fourth-order valence-corrected chi connectivity index (χ4v) is 4.94. The van der Waals surface area contributed by atoms with E-state index in [0.29, 0.717) is 11.4 Å². The van der Waals surface area contributed by atoms with Gasteiger partial charge in [-0.15, -0.1) is 0 Å². The standard InChI is InChI=1S/C18H19N3O2S/c1-13-8-10-14(11-9-13)24(22,23)21-12-4-7-17(21)18-19-15-5-2-3-6-16(15)20-18/h2-3,5-6,8-11,17H,4,7,12H2,1H3,(H,19,20)/t17-/m1/s1. The Morgan fingerprint density at radius 2 is 1.88 bits per heavy atom. The summed E-state index contributed by atoms with van der Waals surface area (Å²) in [5, 5.41) is 0. The lowest BCUT2D eigenvalue weighted by molar-refractivity contribution is 0.385. The van der Waals surface area contributed by atoms with Gasteiger partial charge < -0.3 is 4.98 Å². The Morgan fingerprint density at radius 3 is 2.62 bits per heavy atom. The number of para-hydroxylation sites is 2. The Balaban J connectivity index is 1.73. The number of aromatic amines is 1. The lowest BCUT2D eigenvalue weighted by Crippen LogP contribution is -2.31. The third-order valence-electron chi connectivity index (χ3n) is 4.55. The Labute approximate surface area is 141 Å². The number of H-pyrrole nitrogens is 1. The molecule has 1 fully saturated rings. The topological polar surface area (TPSA) is 66.1 Å². The lowest BCUT2D eigenvalue weighted by atomic mass is 10.2. The van der Waals surface area contributed by atoms with Gasteiger partial charge in [-0.25, -0.2) is 13.4 Å². The number of nitrogens with one attached hydrogen (secondary N) is 1. The van der Waals surface area contributed by atoms with E-state index in [-0.39, 0.29) is 6.04 Å². The first-order valence-corrected chi connectivity index (χ1v) is 9.53. The van der Waals surface area contributed by atoms with Crippen LogP contribution in [-0.2, 0) is 10.0 Å². The predicted molar refractivity (Wildman–Crippen MR) is 93.1 cm³/mol. The van der Waals surface area contributed by atoms with Crippen molar-refractivity contribution in [2.24, 2.45) is 0 Å². The highest BCUT2D eigenvalue weighted by atomic mass is 32.2. The van der Waals surface area contributed by atoms with Crippen LogP contribution in [0.1, 0.15) is 30.3 Å². The average Bonchev–Trinajstić information content (AvgIpc) is 3.22. The number of aryl methyl sites for hydroxylation is 1. The second-order valence-corrected chi connectivity index (χ2v) is 8.12. The quantitative estimate of drug-likeness (QED) is 0.794. The summed E-state index contributed by atoms with van der Waals surface area (Å²) in [6.45, 7) is 2.47. The lowest BCUT2D eigenvalue weighted by Gasteiger charge is -2.22. The van der Waals surface area contributed by atoms with Gasteiger partial charge in [0, 0.05) is 6.54 Å². The maximum absolute atomic E-state index is 13.0. The smallest absolute Gasteiger partial charge is 0.243 e. The molecule has 1 aromatic heterocycles. The van der Waals surface area contributed by atoms with Gasteiger partial charge in [-0.3, -0.25) is 0 Å². The molecule has 0 amide bonds. The van der Waals surface area contributed by atoms with Crippen molar-refractivity contribution in [1.29, 1.82) is 0 Å². The van der Waals surface area contributed by atoms with E-state index in [2.05, 4.69) is 9.97 Å². The maximum atomic E-state index is 13.0. The fourth-order valence-electron chi connectivity index (χ4n) is 3.28. The van der Waals surface area contributed by atoms with Gasteiger partial charge in [0.15, 0.2) is 0 Å². The molecule has 3 aromatic rings. The van der Waals surface area contributed by atoms with Gasteiger partial charge in [0.2, 0.25) is 10.0 Å². The van der Waals surface area contributed by atoms with Crippen LogP contribution in [0.2, 0.25) is 0 Å². The van der Waals surface area contributed by atoms with Crippen LogP contribution in [-0.4, -0.2) is 29.2 Å². The van der Waals surface area contributed by atoms with Gasteiger partial charge in [0.05, 0.1) is 22.0 Å². The number of aromatic nitrogens is 2. The van der Waals surface area contributed by atoms with Gasteiger partial charge in [0.25, 0.3) is 0 Å². The fraction of sp³-hybridized carbons (Fsp3) is 0.278. The molecule has 0 radical (unpaired) electrons. The monoisotopic (exact) mass is 341 g/mol. The van der Waals surface area contributed by atoms with Gasteiger partial charge in [0.1, 0.15) is 5.82 Å². The van der Waals surface area contributed by atoms with Crippen molar-refractivity contribution in [1.82, 2.24) is 14.3 Å². The van der Waals surface area contributed by atoms with Crippen molar-refractivity contribution in [3.8, 4) is 0 Å². The number of imidazole rings is 1. The number of benzene rings is 2. The molecule has 0 spiro atoms. The minimum atomic E-state index is -3.52. The van der Waals surface area contributed by atoms with Gasteiger partial charge in [-0.1, -0.05) is 29.8 Å². The number of fused-ring (bicyclic) bond motifs is 1. The van der Waals surface area contributed by atoms with Crippen LogP contribution in [0.3, 0.4) is 0 Å². The summed E-state index contributed by atoms with van der Waals surface area (Å²) in [7, 11) is -3.52. The summed E-state index contributed by atoms with van der Waals surface area (Å²) in [4.78, 5) is 8.23. The molecule has 0 unspecified atom stereocenters. The van der Waals surface area contributed by atoms with Crippen LogP contribution >= 0.6 is 0 Å². The molecule has 1 saturated heterocycles. The SMILES string of the molecule is Cc1ccc(S(=O)(=O)N2CCC[C@@H]2c2nc3ccccc3[nH]2)cc1. The molecule has 24 heavy (non-hydrogen) atoms. The van der Waals surface area contributed by atoms with Gasteiger partial charge in [-0.2, -0.15) is 4.31 Å². The van der Waals surface area contributed by atoms with Crippen LogP contribution in [0.25, 0.3) is 11.0 Å². The number of rotatable bonds is 3.